The van der Waals surface area contributed by atoms with E-state index in [0.29, 0.717) is 11.8 Å². The molecule has 2 aliphatic heterocycles. The van der Waals surface area contributed by atoms with E-state index in [-0.39, 0.29) is 18.2 Å². The highest BCUT2D eigenvalue weighted by Crippen LogP contribution is 2.32. The first kappa shape index (κ1) is 17.9. The monoisotopic (exact) mass is 343 g/mol. The highest BCUT2D eigenvalue weighted by atomic mass is 16.2. The summed E-state index contributed by atoms with van der Waals surface area (Å²) in [6.07, 6.45) is 2.46. The van der Waals surface area contributed by atoms with Gasteiger partial charge < -0.3 is 15.5 Å². The molecule has 2 fully saturated rings. The average Bonchev–Trinajstić information content (AvgIpc) is 3.13. The Bertz CT molecular complexity index is 590. The van der Waals surface area contributed by atoms with Gasteiger partial charge in [0.1, 0.15) is 0 Å². The quantitative estimate of drug-likeness (QED) is 0.816. The fourth-order valence-corrected chi connectivity index (χ4v) is 4.31. The number of aryl methyl sites for hydroxylation is 1. The molecule has 0 aliphatic carbocycles. The van der Waals surface area contributed by atoms with Crippen molar-refractivity contribution >= 4 is 11.8 Å². The number of nitrogens with two attached hydrogens (primary N) is 1. The van der Waals surface area contributed by atoms with Gasteiger partial charge in [0, 0.05) is 38.5 Å². The molecule has 0 saturated carbocycles. The van der Waals surface area contributed by atoms with Gasteiger partial charge in [-0.3, -0.25) is 9.59 Å². The van der Waals surface area contributed by atoms with Crippen LogP contribution in [0.1, 0.15) is 25.3 Å². The first-order chi connectivity index (χ1) is 12.0. The Morgan fingerprint density at radius 1 is 1.12 bits per heavy atom. The van der Waals surface area contributed by atoms with Gasteiger partial charge >= 0.3 is 0 Å². The molecule has 5 heteroatoms. The number of amides is 2. The molecule has 0 radical (unpaired) electrons. The second-order valence-corrected chi connectivity index (χ2v) is 7.68. The van der Waals surface area contributed by atoms with E-state index in [9.17, 15) is 9.59 Å². The highest BCUT2D eigenvalue weighted by molar-refractivity contribution is 5.85. The lowest BCUT2D eigenvalue weighted by atomic mass is 10.0. The van der Waals surface area contributed by atoms with Crippen molar-refractivity contribution in [3.8, 4) is 0 Å². The summed E-state index contributed by atoms with van der Waals surface area (Å²) in [6, 6.07) is 10.6. The maximum absolute atomic E-state index is 12.4. The Labute approximate surface area is 150 Å². The molecule has 2 unspecified atom stereocenters. The van der Waals surface area contributed by atoms with Crippen LogP contribution in [0, 0.1) is 17.8 Å². The number of rotatable bonds is 7. The van der Waals surface area contributed by atoms with Crippen LogP contribution >= 0.6 is 0 Å². The van der Waals surface area contributed by atoms with Gasteiger partial charge in [-0.05, 0) is 36.8 Å². The summed E-state index contributed by atoms with van der Waals surface area (Å²) >= 11 is 0. The largest absolute Gasteiger partial charge is 0.370 e. The van der Waals surface area contributed by atoms with Gasteiger partial charge in [-0.1, -0.05) is 37.3 Å². The average molecular weight is 343 g/mol. The van der Waals surface area contributed by atoms with Crippen molar-refractivity contribution in [3.05, 3.63) is 35.9 Å². The van der Waals surface area contributed by atoms with Gasteiger partial charge in [-0.2, -0.15) is 0 Å². The predicted octanol–water partition coefficient (Wildman–Crippen LogP) is 1.52. The summed E-state index contributed by atoms with van der Waals surface area (Å²) in [6.45, 7) is 6.79. The topological polar surface area (TPSA) is 66.6 Å². The number of nitrogens with zero attached hydrogens (tertiary/aromatic N) is 2. The number of fused-ring (bicyclic) bond motifs is 1. The minimum absolute atomic E-state index is 0.0869. The van der Waals surface area contributed by atoms with Crippen LogP contribution in [0.25, 0.3) is 0 Å². The molecule has 25 heavy (non-hydrogen) atoms. The van der Waals surface area contributed by atoms with Gasteiger partial charge in [0.15, 0.2) is 0 Å². The summed E-state index contributed by atoms with van der Waals surface area (Å²) < 4.78 is 0. The molecule has 136 valence electrons. The van der Waals surface area contributed by atoms with Crippen LogP contribution in [0.15, 0.2) is 30.3 Å². The number of likely N-dealkylation sites (tertiary alicyclic amines) is 2. The number of hydrogen-bond acceptors (Lipinski definition) is 3. The van der Waals surface area contributed by atoms with Crippen molar-refractivity contribution in [1.29, 1.82) is 0 Å². The fourth-order valence-electron chi connectivity index (χ4n) is 4.31. The van der Waals surface area contributed by atoms with Crippen molar-refractivity contribution < 1.29 is 9.59 Å². The smallest absolute Gasteiger partial charge is 0.225 e. The summed E-state index contributed by atoms with van der Waals surface area (Å²) in [5.41, 5.74) is 6.62. The van der Waals surface area contributed by atoms with Crippen molar-refractivity contribution in [3.63, 3.8) is 0 Å². The Morgan fingerprint density at radius 3 is 2.36 bits per heavy atom. The normalized spacial score (nSPS) is 24.3. The molecule has 3 rings (SSSR count). The van der Waals surface area contributed by atoms with Crippen molar-refractivity contribution in [2.75, 3.05) is 32.7 Å². The molecule has 2 heterocycles. The lowest BCUT2D eigenvalue weighted by Gasteiger charge is -2.23. The van der Waals surface area contributed by atoms with E-state index in [1.54, 1.807) is 6.92 Å². The highest BCUT2D eigenvalue weighted by Gasteiger charge is 2.41. The molecule has 1 aromatic rings. The minimum atomic E-state index is -0.398. The molecule has 1 aromatic carbocycles. The standard InChI is InChI=1S/C20H29N3O2/c1-15(10-19(21)24)20(25)23-13-17-11-22(12-18(17)14-23)9-5-8-16-6-3-2-4-7-16/h2-4,6-7,15,17-18H,5,8-14H2,1H3,(H2,21,24)/t15-,17?,18?/m0/s1. The molecule has 2 saturated heterocycles. The van der Waals surface area contributed by atoms with Crippen molar-refractivity contribution in [2.24, 2.45) is 23.5 Å². The molecule has 0 bridgehead atoms. The SMILES string of the molecule is C[C@@H](CC(N)=O)C(=O)N1CC2CN(CCCc3ccccc3)CC2C1. The van der Waals surface area contributed by atoms with Crippen LogP contribution in [0.3, 0.4) is 0 Å². The third-order valence-corrected chi connectivity index (χ3v) is 5.59. The molecule has 0 aromatic heterocycles. The number of carbonyl (C=O) groups is 2. The second-order valence-electron chi connectivity index (χ2n) is 7.68. The van der Waals surface area contributed by atoms with Gasteiger partial charge in [-0.25, -0.2) is 0 Å². The van der Waals surface area contributed by atoms with E-state index in [4.69, 9.17) is 5.73 Å². The van der Waals surface area contributed by atoms with E-state index in [2.05, 4.69) is 35.2 Å². The molecule has 2 N–H and O–H groups in total. The number of primary amides is 1. The molecular formula is C20H29N3O2. The van der Waals surface area contributed by atoms with E-state index in [1.165, 1.54) is 12.0 Å². The zero-order valence-electron chi connectivity index (χ0n) is 15.1. The summed E-state index contributed by atoms with van der Waals surface area (Å²) in [5.74, 6) is 0.565. The van der Waals surface area contributed by atoms with Gasteiger partial charge in [0.05, 0.1) is 0 Å². The van der Waals surface area contributed by atoms with Crippen LogP contribution in [0.2, 0.25) is 0 Å². The molecule has 5 nitrogen and oxygen atoms in total. The Kier molecular flexibility index (Phi) is 5.74. The lowest BCUT2D eigenvalue weighted by Crippen LogP contribution is -2.37. The Morgan fingerprint density at radius 2 is 1.76 bits per heavy atom. The Balaban J connectivity index is 1.40. The van der Waals surface area contributed by atoms with Crippen molar-refractivity contribution in [1.82, 2.24) is 9.80 Å². The number of carbonyl (C=O) groups excluding carboxylic acids is 2. The first-order valence-electron chi connectivity index (χ1n) is 9.36. The van der Waals surface area contributed by atoms with E-state index in [0.717, 1.165) is 39.1 Å². The number of hydrogen-bond donors (Lipinski definition) is 1. The van der Waals surface area contributed by atoms with E-state index < -0.39 is 5.91 Å². The Hall–Kier alpha value is -1.88. The molecule has 0 spiro atoms. The molecular weight excluding hydrogens is 314 g/mol. The zero-order chi connectivity index (χ0) is 17.8. The lowest BCUT2D eigenvalue weighted by molar-refractivity contribution is -0.136. The molecule has 2 amide bonds. The molecule has 2 aliphatic rings. The van der Waals surface area contributed by atoms with Crippen LogP contribution < -0.4 is 5.73 Å². The van der Waals surface area contributed by atoms with Crippen LogP contribution in [-0.4, -0.2) is 54.3 Å². The first-order valence-corrected chi connectivity index (χ1v) is 9.36. The third-order valence-electron chi connectivity index (χ3n) is 5.59. The molecule has 3 atom stereocenters. The summed E-state index contributed by atoms with van der Waals surface area (Å²) in [7, 11) is 0. The van der Waals surface area contributed by atoms with Gasteiger partial charge in [0.2, 0.25) is 11.8 Å². The third kappa shape index (κ3) is 4.60. The summed E-state index contributed by atoms with van der Waals surface area (Å²) in [5, 5.41) is 0. The van der Waals surface area contributed by atoms with Crippen LogP contribution in [0.5, 0.6) is 0 Å². The van der Waals surface area contributed by atoms with E-state index >= 15 is 0 Å². The van der Waals surface area contributed by atoms with Crippen molar-refractivity contribution in [2.45, 2.75) is 26.2 Å². The van der Waals surface area contributed by atoms with Crippen LogP contribution in [0.4, 0.5) is 0 Å². The van der Waals surface area contributed by atoms with Gasteiger partial charge in [0.25, 0.3) is 0 Å². The maximum Gasteiger partial charge on any atom is 0.225 e. The summed E-state index contributed by atoms with van der Waals surface area (Å²) in [4.78, 5) is 27.9. The second kappa shape index (κ2) is 8.00. The van der Waals surface area contributed by atoms with Gasteiger partial charge in [-0.15, -0.1) is 0 Å². The van der Waals surface area contributed by atoms with E-state index in [1.807, 2.05) is 4.90 Å². The zero-order valence-corrected chi connectivity index (χ0v) is 15.1. The van der Waals surface area contributed by atoms with Crippen LogP contribution in [-0.2, 0) is 16.0 Å². The maximum atomic E-state index is 12.4. The number of benzene rings is 1. The predicted molar refractivity (Wildman–Crippen MR) is 97.7 cm³/mol. The minimum Gasteiger partial charge on any atom is -0.370 e. The fraction of sp³-hybridized carbons (Fsp3) is 0.600.